The van der Waals surface area contributed by atoms with Crippen LogP contribution in [0.3, 0.4) is 0 Å². The van der Waals surface area contributed by atoms with E-state index in [1.54, 1.807) is 26.6 Å². The molecule has 1 aromatic heterocycles. The largest absolute Gasteiger partial charge is 0.493 e. The lowest BCUT2D eigenvalue weighted by Gasteiger charge is -2.11. The molecule has 86 valence electrons. The average Bonchev–Trinajstić information content (AvgIpc) is 2.85. The van der Waals surface area contributed by atoms with Crippen molar-refractivity contribution >= 4 is 0 Å². The molecule has 0 fully saturated rings. The topological polar surface area (TPSA) is 58.0 Å². The Morgan fingerprint density at radius 2 is 1.94 bits per heavy atom. The first-order valence-corrected chi connectivity index (χ1v) is 5.10. The smallest absolute Gasteiger partial charge is 0.168 e. The molecule has 0 aliphatic carbocycles. The molecule has 0 unspecified atom stereocenters. The molecule has 1 aromatic carbocycles. The van der Waals surface area contributed by atoms with Crippen LogP contribution in [0.4, 0.5) is 0 Å². The highest BCUT2D eigenvalue weighted by Gasteiger charge is 2.14. The Bertz CT molecular complexity index is 567. The molecule has 2 aromatic rings. The van der Waals surface area contributed by atoms with Crippen LogP contribution >= 0.6 is 0 Å². The number of nitriles is 1. The van der Waals surface area contributed by atoms with Crippen LogP contribution in [-0.4, -0.2) is 19.2 Å². The fourth-order valence-corrected chi connectivity index (χ4v) is 1.78. The standard InChI is InChI=1S/C13H12N2O2/c1-16-12-5-3-4-10(13(12)17-2)11-8-15-7-9(11)6-14/h3-5,7-8,15H,1-2H3. The van der Waals surface area contributed by atoms with E-state index >= 15 is 0 Å². The number of aromatic nitrogens is 1. The van der Waals surface area contributed by atoms with Gasteiger partial charge in [0.05, 0.1) is 19.8 Å². The minimum absolute atomic E-state index is 0.580. The summed E-state index contributed by atoms with van der Waals surface area (Å²) in [7, 11) is 3.17. The summed E-state index contributed by atoms with van der Waals surface area (Å²) in [6, 6.07) is 7.72. The highest BCUT2D eigenvalue weighted by atomic mass is 16.5. The Morgan fingerprint density at radius 3 is 2.59 bits per heavy atom. The van der Waals surface area contributed by atoms with Gasteiger partial charge in [0.1, 0.15) is 6.07 Å². The number of nitrogens with one attached hydrogen (secondary N) is 1. The van der Waals surface area contributed by atoms with Gasteiger partial charge in [-0.15, -0.1) is 0 Å². The van der Waals surface area contributed by atoms with E-state index in [1.165, 1.54) is 0 Å². The first-order chi connectivity index (χ1) is 8.31. The highest BCUT2D eigenvalue weighted by molar-refractivity contribution is 5.77. The number of hydrogen-bond acceptors (Lipinski definition) is 3. The van der Waals surface area contributed by atoms with E-state index in [2.05, 4.69) is 11.1 Å². The normalized spacial score (nSPS) is 9.71. The molecule has 0 saturated heterocycles. The van der Waals surface area contributed by atoms with Crippen molar-refractivity contribution in [3.63, 3.8) is 0 Å². The minimum atomic E-state index is 0.580. The minimum Gasteiger partial charge on any atom is -0.493 e. The second kappa shape index (κ2) is 4.62. The van der Waals surface area contributed by atoms with E-state index in [-0.39, 0.29) is 0 Å². The molecule has 0 aliphatic heterocycles. The van der Waals surface area contributed by atoms with Crippen molar-refractivity contribution in [2.75, 3.05) is 14.2 Å². The van der Waals surface area contributed by atoms with Gasteiger partial charge in [0, 0.05) is 23.5 Å². The van der Waals surface area contributed by atoms with Gasteiger partial charge in [0.2, 0.25) is 0 Å². The van der Waals surface area contributed by atoms with E-state index in [9.17, 15) is 0 Å². The van der Waals surface area contributed by atoms with E-state index in [4.69, 9.17) is 14.7 Å². The second-order valence-corrected chi connectivity index (χ2v) is 3.44. The monoisotopic (exact) mass is 228 g/mol. The van der Waals surface area contributed by atoms with E-state index in [0.717, 1.165) is 11.1 Å². The summed E-state index contributed by atoms with van der Waals surface area (Å²) in [5, 5.41) is 9.02. The lowest BCUT2D eigenvalue weighted by Crippen LogP contribution is -1.93. The number of benzene rings is 1. The van der Waals surface area contributed by atoms with Gasteiger partial charge in [-0.05, 0) is 6.07 Å². The summed E-state index contributed by atoms with van der Waals surface area (Å²) in [5.41, 5.74) is 2.23. The zero-order chi connectivity index (χ0) is 12.3. The first kappa shape index (κ1) is 11.1. The highest BCUT2D eigenvalue weighted by Crippen LogP contribution is 2.38. The predicted octanol–water partition coefficient (Wildman–Crippen LogP) is 2.57. The van der Waals surface area contributed by atoms with Crippen LogP contribution in [0.2, 0.25) is 0 Å². The maximum Gasteiger partial charge on any atom is 0.168 e. The number of rotatable bonds is 3. The number of para-hydroxylation sites is 1. The summed E-state index contributed by atoms with van der Waals surface area (Å²) in [6.07, 6.45) is 3.43. The molecule has 0 spiro atoms. The number of methoxy groups -OCH3 is 2. The van der Waals surface area contributed by atoms with Gasteiger partial charge < -0.3 is 14.5 Å². The van der Waals surface area contributed by atoms with Crippen LogP contribution in [-0.2, 0) is 0 Å². The molecular formula is C13H12N2O2. The number of hydrogen-bond donors (Lipinski definition) is 1. The van der Waals surface area contributed by atoms with Crippen LogP contribution in [0.15, 0.2) is 30.6 Å². The van der Waals surface area contributed by atoms with E-state index in [0.29, 0.717) is 17.1 Å². The molecule has 0 saturated carbocycles. The molecule has 4 heteroatoms. The Labute approximate surface area is 99.4 Å². The zero-order valence-electron chi connectivity index (χ0n) is 9.65. The van der Waals surface area contributed by atoms with Crippen LogP contribution in [0.5, 0.6) is 11.5 Å². The average molecular weight is 228 g/mol. The fraction of sp³-hybridized carbons (Fsp3) is 0.154. The lowest BCUT2D eigenvalue weighted by atomic mass is 10.0. The van der Waals surface area contributed by atoms with Gasteiger partial charge in [-0.25, -0.2) is 0 Å². The SMILES string of the molecule is COc1cccc(-c2c[nH]cc2C#N)c1OC. The second-order valence-electron chi connectivity index (χ2n) is 3.44. The first-order valence-electron chi connectivity index (χ1n) is 5.10. The molecule has 4 nitrogen and oxygen atoms in total. The molecule has 0 atom stereocenters. The van der Waals surface area contributed by atoms with Gasteiger partial charge in [-0.1, -0.05) is 12.1 Å². The summed E-state index contributed by atoms with van der Waals surface area (Å²) in [6.45, 7) is 0. The van der Waals surface area contributed by atoms with Crippen molar-refractivity contribution in [1.82, 2.24) is 4.98 Å². The summed E-state index contributed by atoms with van der Waals surface area (Å²) in [5.74, 6) is 1.28. The van der Waals surface area contributed by atoms with Crippen molar-refractivity contribution < 1.29 is 9.47 Å². The predicted molar refractivity (Wildman–Crippen MR) is 64.0 cm³/mol. The number of H-pyrrole nitrogens is 1. The maximum absolute atomic E-state index is 9.02. The molecule has 0 radical (unpaired) electrons. The van der Waals surface area contributed by atoms with Gasteiger partial charge in [0.15, 0.2) is 11.5 Å². The Morgan fingerprint density at radius 1 is 1.12 bits per heavy atom. The van der Waals surface area contributed by atoms with Crippen molar-refractivity contribution in [2.45, 2.75) is 0 Å². The molecule has 0 amide bonds. The molecular weight excluding hydrogens is 216 g/mol. The molecule has 1 N–H and O–H groups in total. The molecule has 17 heavy (non-hydrogen) atoms. The van der Waals surface area contributed by atoms with Crippen LogP contribution in [0.1, 0.15) is 5.56 Å². The third-order valence-electron chi connectivity index (χ3n) is 2.56. The quantitative estimate of drug-likeness (QED) is 0.878. The van der Waals surface area contributed by atoms with Crippen LogP contribution in [0.25, 0.3) is 11.1 Å². The van der Waals surface area contributed by atoms with Crippen molar-refractivity contribution in [3.05, 3.63) is 36.2 Å². The molecule has 0 bridgehead atoms. The Kier molecular flexibility index (Phi) is 3.01. The third-order valence-corrected chi connectivity index (χ3v) is 2.56. The van der Waals surface area contributed by atoms with E-state index < -0.39 is 0 Å². The van der Waals surface area contributed by atoms with Crippen molar-refractivity contribution in [2.24, 2.45) is 0 Å². The van der Waals surface area contributed by atoms with Gasteiger partial charge in [-0.3, -0.25) is 0 Å². The fourth-order valence-electron chi connectivity index (χ4n) is 1.78. The van der Waals surface area contributed by atoms with E-state index in [1.807, 2.05) is 18.2 Å². The third kappa shape index (κ3) is 1.83. The number of aromatic amines is 1. The van der Waals surface area contributed by atoms with Crippen LogP contribution < -0.4 is 9.47 Å². The summed E-state index contributed by atoms with van der Waals surface area (Å²) in [4.78, 5) is 2.92. The summed E-state index contributed by atoms with van der Waals surface area (Å²) < 4.78 is 10.6. The van der Waals surface area contributed by atoms with Crippen molar-refractivity contribution in [1.29, 1.82) is 5.26 Å². The Hall–Kier alpha value is -2.41. The van der Waals surface area contributed by atoms with Gasteiger partial charge in [-0.2, -0.15) is 5.26 Å². The molecule has 0 aliphatic rings. The van der Waals surface area contributed by atoms with Crippen molar-refractivity contribution in [3.8, 4) is 28.7 Å². The van der Waals surface area contributed by atoms with Gasteiger partial charge >= 0.3 is 0 Å². The summed E-state index contributed by atoms with van der Waals surface area (Å²) >= 11 is 0. The zero-order valence-corrected chi connectivity index (χ0v) is 9.65. The Balaban J connectivity index is 2.64. The number of nitrogens with zero attached hydrogens (tertiary/aromatic N) is 1. The van der Waals surface area contributed by atoms with Gasteiger partial charge in [0.25, 0.3) is 0 Å². The molecule has 1 heterocycles. The number of ether oxygens (including phenoxy) is 2. The maximum atomic E-state index is 9.02. The van der Waals surface area contributed by atoms with Crippen LogP contribution in [0, 0.1) is 11.3 Å². The molecule has 2 rings (SSSR count). The lowest BCUT2D eigenvalue weighted by molar-refractivity contribution is 0.356.